The molecule has 6 N–H and O–H groups in total. The van der Waals surface area contributed by atoms with E-state index in [2.05, 4.69) is 15.0 Å². The lowest BCUT2D eigenvalue weighted by atomic mass is 10.0. The highest BCUT2D eigenvalue weighted by atomic mass is 16.6. The average molecular weight is 380 g/mol. The smallest absolute Gasteiger partial charge is 0.323 e. The van der Waals surface area contributed by atoms with Crippen LogP contribution < -0.4 is 11.5 Å². The van der Waals surface area contributed by atoms with Crippen LogP contribution in [0.15, 0.2) is 12.7 Å². The maximum Gasteiger partial charge on any atom is 0.323 e. The molecule has 1 fully saturated rings. The van der Waals surface area contributed by atoms with Crippen molar-refractivity contribution in [1.82, 2.24) is 19.5 Å². The largest absolute Gasteiger partial charge is 0.462 e. The Balaban J connectivity index is 1.70. The fourth-order valence-corrected chi connectivity index (χ4v) is 2.90. The number of anilines is 1. The summed E-state index contributed by atoms with van der Waals surface area (Å²) in [6.45, 7) is 3.54. The van der Waals surface area contributed by atoms with E-state index in [1.807, 2.05) is 13.8 Å². The van der Waals surface area contributed by atoms with Gasteiger partial charge < -0.3 is 31.2 Å². The second kappa shape index (κ2) is 7.72. The van der Waals surface area contributed by atoms with E-state index in [9.17, 15) is 15.0 Å². The lowest BCUT2D eigenvalue weighted by Gasteiger charge is -2.19. The minimum Gasteiger partial charge on any atom is -0.462 e. The summed E-state index contributed by atoms with van der Waals surface area (Å²) in [5.41, 5.74) is 12.3. The molecule has 1 saturated heterocycles. The predicted octanol–water partition coefficient (Wildman–Crippen LogP) is -1.06. The van der Waals surface area contributed by atoms with Gasteiger partial charge >= 0.3 is 5.97 Å². The fourth-order valence-electron chi connectivity index (χ4n) is 2.90. The quantitative estimate of drug-likeness (QED) is 0.453. The highest BCUT2D eigenvalue weighted by Crippen LogP contribution is 2.32. The zero-order valence-corrected chi connectivity index (χ0v) is 15.1. The average Bonchev–Trinajstić information content (AvgIpc) is 3.21. The van der Waals surface area contributed by atoms with Crippen LogP contribution >= 0.6 is 0 Å². The molecule has 0 bridgehead atoms. The number of carbonyl (C=O) groups excluding carboxylic acids is 1. The number of hydrogen-bond donors (Lipinski definition) is 4. The molecule has 0 unspecified atom stereocenters. The minimum atomic E-state index is -1.27. The van der Waals surface area contributed by atoms with E-state index in [4.69, 9.17) is 20.9 Å². The van der Waals surface area contributed by atoms with Crippen molar-refractivity contribution >= 4 is 23.0 Å². The maximum atomic E-state index is 12.0. The van der Waals surface area contributed by atoms with Crippen molar-refractivity contribution in [2.75, 3.05) is 12.3 Å². The molecule has 0 aliphatic carbocycles. The van der Waals surface area contributed by atoms with E-state index in [0.717, 1.165) is 6.42 Å². The first-order chi connectivity index (χ1) is 12.8. The van der Waals surface area contributed by atoms with Crippen molar-refractivity contribution in [2.24, 2.45) is 11.7 Å². The van der Waals surface area contributed by atoms with Gasteiger partial charge in [-0.2, -0.15) is 0 Å². The topological polar surface area (TPSA) is 172 Å². The van der Waals surface area contributed by atoms with Gasteiger partial charge in [0.05, 0.1) is 6.33 Å². The highest BCUT2D eigenvalue weighted by molar-refractivity contribution is 5.81. The maximum absolute atomic E-state index is 12.0. The number of aliphatic hydroxyl groups is 2. The van der Waals surface area contributed by atoms with Gasteiger partial charge in [-0.05, 0) is 5.92 Å². The predicted molar refractivity (Wildman–Crippen MR) is 94.0 cm³/mol. The van der Waals surface area contributed by atoms with Gasteiger partial charge in [-0.1, -0.05) is 20.3 Å². The van der Waals surface area contributed by atoms with Gasteiger partial charge in [0.1, 0.15) is 42.8 Å². The normalized spacial score (nSPS) is 27.6. The van der Waals surface area contributed by atoms with Crippen LogP contribution in [0.2, 0.25) is 0 Å². The van der Waals surface area contributed by atoms with Crippen LogP contribution in [0.4, 0.5) is 5.82 Å². The van der Waals surface area contributed by atoms with Crippen LogP contribution in [-0.2, 0) is 14.3 Å². The standard InChI is InChI=1S/C16H24N6O5/c1-3-7(2)9(17)16(25)26-4-8-11(23)12(24)15(27-8)22-6-21-10-13(18)19-5-20-14(10)22/h5-9,11-12,15,23-24H,3-4,17H2,1-2H3,(H2,18,19,20)/t7-,8-,9-,11+,12-,15-/m1/s1. The van der Waals surface area contributed by atoms with Crippen LogP contribution in [-0.4, -0.2) is 66.7 Å². The van der Waals surface area contributed by atoms with Crippen molar-refractivity contribution in [1.29, 1.82) is 0 Å². The molecule has 11 heteroatoms. The summed E-state index contributed by atoms with van der Waals surface area (Å²) in [7, 11) is 0. The Labute approximate surface area is 155 Å². The lowest BCUT2D eigenvalue weighted by molar-refractivity contribution is -0.152. The van der Waals surface area contributed by atoms with E-state index >= 15 is 0 Å². The molecule has 2 aromatic rings. The third-order valence-corrected chi connectivity index (χ3v) is 4.92. The molecule has 0 radical (unpaired) electrons. The van der Waals surface area contributed by atoms with Gasteiger partial charge in [-0.25, -0.2) is 15.0 Å². The molecule has 11 nitrogen and oxygen atoms in total. The number of aliphatic hydroxyl groups excluding tert-OH is 2. The Morgan fingerprint density at radius 3 is 2.81 bits per heavy atom. The SMILES string of the molecule is CC[C@@H](C)[C@@H](N)C(=O)OC[C@H]1O[C@@H](n2cnc3c(N)ncnc32)[C@H](O)[C@H]1O. The molecule has 0 saturated carbocycles. The van der Waals surface area contributed by atoms with Crippen LogP contribution in [0.5, 0.6) is 0 Å². The van der Waals surface area contributed by atoms with E-state index in [1.54, 1.807) is 0 Å². The van der Waals surface area contributed by atoms with Gasteiger partial charge in [0.15, 0.2) is 17.7 Å². The highest BCUT2D eigenvalue weighted by Gasteiger charge is 2.45. The van der Waals surface area contributed by atoms with E-state index < -0.39 is 36.6 Å². The van der Waals surface area contributed by atoms with Crippen molar-refractivity contribution < 1.29 is 24.5 Å². The summed E-state index contributed by atoms with van der Waals surface area (Å²) in [6, 6.07) is -0.758. The molecule has 0 aromatic carbocycles. The molecule has 6 atom stereocenters. The molecule has 27 heavy (non-hydrogen) atoms. The number of carbonyl (C=O) groups is 1. The molecule has 2 aromatic heterocycles. The lowest BCUT2D eigenvalue weighted by Crippen LogP contribution is -2.40. The summed E-state index contributed by atoms with van der Waals surface area (Å²) in [5, 5.41) is 20.6. The number of aromatic nitrogens is 4. The summed E-state index contributed by atoms with van der Waals surface area (Å²) in [5.74, 6) is -0.421. The number of nitrogen functional groups attached to an aromatic ring is 1. The second-order valence-corrected chi connectivity index (χ2v) is 6.67. The van der Waals surface area contributed by atoms with E-state index in [1.165, 1.54) is 17.2 Å². The van der Waals surface area contributed by atoms with Gasteiger partial charge in [0.25, 0.3) is 0 Å². The van der Waals surface area contributed by atoms with Gasteiger partial charge in [0.2, 0.25) is 0 Å². The second-order valence-electron chi connectivity index (χ2n) is 6.67. The van der Waals surface area contributed by atoms with E-state index in [-0.39, 0.29) is 18.3 Å². The van der Waals surface area contributed by atoms with Gasteiger partial charge in [-0.15, -0.1) is 0 Å². The Morgan fingerprint density at radius 2 is 2.11 bits per heavy atom. The third kappa shape index (κ3) is 3.58. The molecule has 1 aliphatic rings. The first kappa shape index (κ1) is 19.4. The molecular formula is C16H24N6O5. The zero-order chi connectivity index (χ0) is 19.7. The van der Waals surface area contributed by atoms with Crippen LogP contribution in [0.25, 0.3) is 11.2 Å². The number of imidazole rings is 1. The fraction of sp³-hybridized carbons (Fsp3) is 0.625. The number of hydrogen-bond acceptors (Lipinski definition) is 10. The van der Waals surface area contributed by atoms with Gasteiger partial charge in [-0.3, -0.25) is 9.36 Å². The number of nitrogens with two attached hydrogens (primary N) is 2. The third-order valence-electron chi connectivity index (χ3n) is 4.92. The Morgan fingerprint density at radius 1 is 1.37 bits per heavy atom. The van der Waals surface area contributed by atoms with Crippen molar-refractivity contribution in [2.45, 2.75) is 50.8 Å². The number of ether oxygens (including phenoxy) is 2. The molecule has 1 aliphatic heterocycles. The van der Waals surface area contributed by atoms with Gasteiger partial charge in [0, 0.05) is 0 Å². The molecule has 0 amide bonds. The summed E-state index contributed by atoms with van der Waals surface area (Å²) in [4.78, 5) is 24.1. The molecule has 3 rings (SSSR count). The number of rotatable bonds is 6. The molecule has 0 spiro atoms. The Hall–Kier alpha value is -2.34. The van der Waals surface area contributed by atoms with Crippen LogP contribution in [0.3, 0.4) is 0 Å². The summed E-state index contributed by atoms with van der Waals surface area (Å²) < 4.78 is 12.3. The van der Waals surface area contributed by atoms with Crippen molar-refractivity contribution in [3.05, 3.63) is 12.7 Å². The zero-order valence-electron chi connectivity index (χ0n) is 15.1. The number of nitrogens with zero attached hydrogens (tertiary/aromatic N) is 4. The first-order valence-electron chi connectivity index (χ1n) is 8.72. The number of fused-ring (bicyclic) bond motifs is 1. The van der Waals surface area contributed by atoms with Crippen LogP contribution in [0, 0.1) is 5.92 Å². The molecule has 3 heterocycles. The van der Waals surface area contributed by atoms with Crippen molar-refractivity contribution in [3.8, 4) is 0 Å². The molecular weight excluding hydrogens is 356 g/mol. The summed E-state index contributed by atoms with van der Waals surface area (Å²) >= 11 is 0. The monoisotopic (exact) mass is 380 g/mol. The Kier molecular flexibility index (Phi) is 5.56. The number of esters is 1. The summed E-state index contributed by atoms with van der Waals surface area (Å²) in [6.07, 6.45) is -1.03. The minimum absolute atomic E-state index is 0.0345. The molecule has 148 valence electrons. The van der Waals surface area contributed by atoms with Crippen molar-refractivity contribution in [3.63, 3.8) is 0 Å². The van der Waals surface area contributed by atoms with Crippen LogP contribution in [0.1, 0.15) is 26.5 Å². The first-order valence-corrected chi connectivity index (χ1v) is 8.72. The van der Waals surface area contributed by atoms with E-state index in [0.29, 0.717) is 11.2 Å². The Bertz CT molecular complexity index is 814.